The normalized spacial score (nSPS) is 11.2. The number of amides is 1. The van der Waals surface area contributed by atoms with Crippen molar-refractivity contribution in [3.05, 3.63) is 100 Å². The van der Waals surface area contributed by atoms with Crippen molar-refractivity contribution < 1.29 is 4.79 Å². The monoisotopic (exact) mass is 369 g/mol. The molecule has 3 rings (SSSR count). The quantitative estimate of drug-likeness (QED) is 0.492. The maximum absolute atomic E-state index is 12.0. The van der Waals surface area contributed by atoms with Gasteiger partial charge in [-0.1, -0.05) is 59.7 Å². The Bertz CT molecular complexity index is 1020. The first-order chi connectivity index (χ1) is 13.5. The number of nitrogens with zero attached hydrogens (tertiary/aromatic N) is 2. The number of hydrazone groups is 1. The van der Waals surface area contributed by atoms with Crippen molar-refractivity contribution in [2.75, 3.05) is 0 Å². The van der Waals surface area contributed by atoms with E-state index >= 15 is 0 Å². The third kappa shape index (κ3) is 5.24. The molecule has 3 aromatic rings. The van der Waals surface area contributed by atoms with Gasteiger partial charge in [0.25, 0.3) is 5.91 Å². The van der Waals surface area contributed by atoms with Gasteiger partial charge in [0.15, 0.2) is 0 Å². The fraction of sp³-hybridized carbons (Fsp3) is 0.125. The Morgan fingerprint density at radius 3 is 2.04 bits per heavy atom. The van der Waals surface area contributed by atoms with Crippen LogP contribution in [0.3, 0.4) is 0 Å². The smallest absolute Gasteiger partial charge is 0.267 e. The second kappa shape index (κ2) is 8.91. The van der Waals surface area contributed by atoms with Gasteiger partial charge in [0, 0.05) is 11.8 Å². The number of aliphatic imine (C=N–C) groups is 1. The molecule has 0 radical (unpaired) electrons. The second-order valence-corrected chi connectivity index (χ2v) is 6.78. The zero-order valence-corrected chi connectivity index (χ0v) is 16.3. The molecular formula is C24H23N3O. The second-order valence-electron chi connectivity index (χ2n) is 6.78. The summed E-state index contributed by atoms with van der Waals surface area (Å²) in [4.78, 5) is 16.6. The van der Waals surface area contributed by atoms with Gasteiger partial charge >= 0.3 is 0 Å². The van der Waals surface area contributed by atoms with Gasteiger partial charge in [-0.25, -0.2) is 5.43 Å². The lowest BCUT2D eigenvalue weighted by Crippen LogP contribution is -2.17. The molecule has 1 N–H and O–H groups in total. The highest BCUT2D eigenvalue weighted by molar-refractivity contribution is 5.95. The third-order valence-electron chi connectivity index (χ3n) is 4.33. The molecular weight excluding hydrogens is 346 g/mol. The highest BCUT2D eigenvalue weighted by Gasteiger charge is 2.02. The van der Waals surface area contributed by atoms with Crippen LogP contribution in [0, 0.1) is 20.8 Å². The van der Waals surface area contributed by atoms with Gasteiger partial charge in [0.1, 0.15) is 0 Å². The molecule has 3 aromatic carbocycles. The molecule has 0 aliphatic heterocycles. The van der Waals surface area contributed by atoms with E-state index in [4.69, 9.17) is 0 Å². The predicted octanol–water partition coefficient (Wildman–Crippen LogP) is 5.13. The summed E-state index contributed by atoms with van der Waals surface area (Å²) < 4.78 is 0. The minimum absolute atomic E-state index is 0.228. The van der Waals surface area contributed by atoms with E-state index < -0.39 is 0 Å². The highest BCUT2D eigenvalue weighted by Crippen LogP contribution is 2.19. The Hall–Kier alpha value is -3.53. The van der Waals surface area contributed by atoms with Crippen LogP contribution >= 0.6 is 0 Å². The maximum atomic E-state index is 12.0. The number of rotatable bonds is 5. The first-order valence-electron chi connectivity index (χ1n) is 9.13. The lowest BCUT2D eigenvalue weighted by molar-refractivity contribution is 0.0955. The number of hydrogen-bond acceptors (Lipinski definition) is 3. The molecule has 28 heavy (non-hydrogen) atoms. The Labute approximate surface area is 165 Å². The number of carbonyl (C=O) groups excluding carboxylic acids is 1. The molecule has 0 aliphatic rings. The van der Waals surface area contributed by atoms with Gasteiger partial charge in [-0.3, -0.25) is 9.79 Å². The van der Waals surface area contributed by atoms with E-state index in [0.29, 0.717) is 5.56 Å². The number of hydrogen-bond donors (Lipinski definition) is 1. The zero-order valence-electron chi connectivity index (χ0n) is 16.3. The summed E-state index contributed by atoms with van der Waals surface area (Å²) in [5.41, 5.74) is 9.49. The SMILES string of the molecule is Cc1ccc(C(=O)NN=Cc2ccc(C=Nc3ccc(C)cc3C)cc2)cc1. The standard InChI is InChI=1S/C24H23N3O/c1-17-4-11-22(12-5-17)24(28)27-26-16-21-9-7-20(8-10-21)15-25-23-13-6-18(2)14-19(23)3/h4-16H,1-3H3,(H,27,28). The summed E-state index contributed by atoms with van der Waals surface area (Å²) in [7, 11) is 0. The Morgan fingerprint density at radius 2 is 1.39 bits per heavy atom. The number of nitrogens with one attached hydrogen (secondary N) is 1. The number of carbonyl (C=O) groups is 1. The average molecular weight is 369 g/mol. The molecule has 0 atom stereocenters. The maximum Gasteiger partial charge on any atom is 0.271 e. The number of benzene rings is 3. The molecule has 0 fully saturated rings. The topological polar surface area (TPSA) is 53.8 Å². The van der Waals surface area contributed by atoms with Crippen molar-refractivity contribution >= 4 is 24.0 Å². The van der Waals surface area contributed by atoms with Crippen LogP contribution in [0.5, 0.6) is 0 Å². The van der Waals surface area contributed by atoms with Gasteiger partial charge in [-0.2, -0.15) is 5.10 Å². The largest absolute Gasteiger partial charge is 0.271 e. The lowest BCUT2D eigenvalue weighted by atomic mass is 10.1. The fourth-order valence-electron chi connectivity index (χ4n) is 2.70. The number of aryl methyl sites for hydroxylation is 3. The molecule has 0 heterocycles. The summed E-state index contributed by atoms with van der Waals surface area (Å²) in [6.07, 6.45) is 3.47. The predicted molar refractivity (Wildman–Crippen MR) is 116 cm³/mol. The average Bonchev–Trinajstić information content (AvgIpc) is 2.69. The van der Waals surface area contributed by atoms with Crippen LogP contribution in [-0.4, -0.2) is 18.3 Å². The highest BCUT2D eigenvalue weighted by atomic mass is 16.2. The van der Waals surface area contributed by atoms with Crippen LogP contribution in [0.25, 0.3) is 0 Å². The lowest BCUT2D eigenvalue weighted by Gasteiger charge is -2.02. The van der Waals surface area contributed by atoms with E-state index in [1.165, 1.54) is 5.56 Å². The van der Waals surface area contributed by atoms with Gasteiger partial charge in [-0.05, 0) is 55.7 Å². The van der Waals surface area contributed by atoms with E-state index in [2.05, 4.69) is 41.5 Å². The van der Waals surface area contributed by atoms with Crippen LogP contribution in [0.2, 0.25) is 0 Å². The van der Waals surface area contributed by atoms with Crippen LogP contribution in [-0.2, 0) is 0 Å². The molecule has 0 saturated carbocycles. The third-order valence-corrected chi connectivity index (χ3v) is 4.33. The van der Waals surface area contributed by atoms with Crippen molar-refractivity contribution in [1.29, 1.82) is 0 Å². The molecule has 1 amide bonds. The molecule has 0 saturated heterocycles. The van der Waals surface area contributed by atoms with E-state index in [1.54, 1.807) is 18.3 Å². The summed E-state index contributed by atoms with van der Waals surface area (Å²) in [5, 5.41) is 4.03. The van der Waals surface area contributed by atoms with Gasteiger partial charge in [0.2, 0.25) is 0 Å². The zero-order chi connectivity index (χ0) is 19.9. The van der Waals surface area contributed by atoms with Crippen LogP contribution in [0.15, 0.2) is 76.8 Å². The molecule has 0 unspecified atom stereocenters. The van der Waals surface area contributed by atoms with Crippen LogP contribution in [0.4, 0.5) is 5.69 Å². The van der Waals surface area contributed by atoms with Crippen molar-refractivity contribution in [1.82, 2.24) is 5.43 Å². The molecule has 0 bridgehead atoms. The van der Waals surface area contributed by atoms with Crippen molar-refractivity contribution in [2.24, 2.45) is 10.1 Å². The first kappa shape index (κ1) is 19.2. The molecule has 0 aliphatic carbocycles. The molecule has 0 spiro atoms. The molecule has 4 heteroatoms. The van der Waals surface area contributed by atoms with Gasteiger partial charge in [0.05, 0.1) is 11.9 Å². The van der Waals surface area contributed by atoms with E-state index in [-0.39, 0.29) is 5.91 Å². The molecule has 140 valence electrons. The van der Waals surface area contributed by atoms with Crippen molar-refractivity contribution in [3.8, 4) is 0 Å². The first-order valence-corrected chi connectivity index (χ1v) is 9.13. The Morgan fingerprint density at radius 1 is 0.786 bits per heavy atom. The minimum atomic E-state index is -0.228. The summed E-state index contributed by atoms with van der Waals surface area (Å²) >= 11 is 0. The van der Waals surface area contributed by atoms with E-state index in [1.807, 2.05) is 55.6 Å². The van der Waals surface area contributed by atoms with Crippen LogP contribution < -0.4 is 5.43 Å². The van der Waals surface area contributed by atoms with Crippen LogP contribution in [0.1, 0.15) is 38.2 Å². The van der Waals surface area contributed by atoms with Gasteiger partial charge < -0.3 is 0 Å². The summed E-state index contributed by atoms with van der Waals surface area (Å²) in [6.45, 7) is 6.12. The summed E-state index contributed by atoms with van der Waals surface area (Å²) in [5.74, 6) is -0.228. The Kier molecular flexibility index (Phi) is 6.12. The summed E-state index contributed by atoms with van der Waals surface area (Å²) in [6, 6.07) is 21.4. The Balaban J connectivity index is 1.59. The minimum Gasteiger partial charge on any atom is -0.267 e. The molecule has 4 nitrogen and oxygen atoms in total. The van der Waals surface area contributed by atoms with Crippen molar-refractivity contribution in [3.63, 3.8) is 0 Å². The fourth-order valence-corrected chi connectivity index (χ4v) is 2.70. The van der Waals surface area contributed by atoms with E-state index in [0.717, 1.165) is 27.9 Å². The molecule has 0 aromatic heterocycles. The van der Waals surface area contributed by atoms with Gasteiger partial charge in [-0.15, -0.1) is 0 Å². The van der Waals surface area contributed by atoms with E-state index in [9.17, 15) is 4.79 Å². The van der Waals surface area contributed by atoms with Crippen molar-refractivity contribution in [2.45, 2.75) is 20.8 Å².